The molecule has 0 saturated carbocycles. The Labute approximate surface area is 155 Å². The second-order valence-corrected chi connectivity index (χ2v) is 7.48. The van der Waals surface area contributed by atoms with Crippen LogP contribution in [0.1, 0.15) is 24.8 Å². The number of nitrogens with zero attached hydrogens (tertiary/aromatic N) is 2. The number of rotatable bonds is 5. The zero-order chi connectivity index (χ0) is 17.8. The largest absolute Gasteiger partial charge is 0.484 e. The first kappa shape index (κ1) is 17.8. The van der Waals surface area contributed by atoms with E-state index in [0.717, 1.165) is 44.8 Å². The Bertz CT molecular complexity index is 599. The lowest BCUT2D eigenvalue weighted by Gasteiger charge is -2.47. The van der Waals surface area contributed by atoms with Crippen molar-refractivity contribution in [2.45, 2.75) is 31.4 Å². The van der Waals surface area contributed by atoms with Gasteiger partial charge in [-0.1, -0.05) is 12.1 Å². The van der Waals surface area contributed by atoms with Crippen LogP contribution in [0.25, 0.3) is 0 Å². The van der Waals surface area contributed by atoms with Gasteiger partial charge in [-0.15, -0.1) is 0 Å². The second kappa shape index (κ2) is 7.94. The molecule has 4 rings (SSSR count). The van der Waals surface area contributed by atoms with Crippen LogP contribution >= 0.6 is 0 Å². The van der Waals surface area contributed by atoms with Crippen molar-refractivity contribution in [2.75, 3.05) is 52.6 Å². The molecule has 1 amide bonds. The summed E-state index contributed by atoms with van der Waals surface area (Å²) in [5.41, 5.74) is 1.49. The predicted molar refractivity (Wildman–Crippen MR) is 97.1 cm³/mol. The SMILES string of the molecule is O=C(COc1ccc(CN2CCC3(CCO3)CC2)cc1)N1CCOCC1. The minimum Gasteiger partial charge on any atom is -0.484 e. The van der Waals surface area contributed by atoms with Crippen LogP contribution in [0.4, 0.5) is 0 Å². The van der Waals surface area contributed by atoms with Crippen LogP contribution in [0.15, 0.2) is 24.3 Å². The molecule has 3 aliphatic rings. The molecule has 1 spiro atoms. The number of hydrogen-bond acceptors (Lipinski definition) is 5. The molecule has 3 aliphatic heterocycles. The normalized spacial score (nSPS) is 22.8. The van der Waals surface area contributed by atoms with Gasteiger partial charge in [0, 0.05) is 32.7 Å². The fourth-order valence-electron chi connectivity index (χ4n) is 3.90. The highest BCUT2D eigenvalue weighted by Crippen LogP contribution is 2.36. The first-order valence-electron chi connectivity index (χ1n) is 9.66. The maximum Gasteiger partial charge on any atom is 0.260 e. The summed E-state index contributed by atoms with van der Waals surface area (Å²) < 4.78 is 16.7. The Morgan fingerprint density at radius 1 is 1.00 bits per heavy atom. The molecule has 3 fully saturated rings. The van der Waals surface area contributed by atoms with E-state index in [9.17, 15) is 4.79 Å². The lowest BCUT2D eigenvalue weighted by molar-refractivity contribution is -0.173. The summed E-state index contributed by atoms with van der Waals surface area (Å²) in [6.45, 7) is 6.74. The zero-order valence-corrected chi connectivity index (χ0v) is 15.3. The first-order chi connectivity index (χ1) is 12.7. The smallest absolute Gasteiger partial charge is 0.260 e. The molecule has 1 aromatic rings. The van der Waals surface area contributed by atoms with Gasteiger partial charge in [0.15, 0.2) is 6.61 Å². The Kier molecular flexibility index (Phi) is 5.43. The van der Waals surface area contributed by atoms with Crippen molar-refractivity contribution in [1.29, 1.82) is 0 Å². The van der Waals surface area contributed by atoms with Crippen LogP contribution in [-0.2, 0) is 20.8 Å². The standard InChI is InChI=1S/C20H28N2O4/c23-19(22-10-13-24-14-11-22)16-25-18-3-1-17(2-4-18)15-21-8-5-20(6-9-21)7-12-26-20/h1-4H,5-16H2. The van der Waals surface area contributed by atoms with E-state index in [1.54, 1.807) is 4.90 Å². The second-order valence-electron chi connectivity index (χ2n) is 7.48. The van der Waals surface area contributed by atoms with E-state index >= 15 is 0 Å². The molecule has 0 atom stereocenters. The summed E-state index contributed by atoms with van der Waals surface area (Å²) in [5.74, 6) is 0.772. The van der Waals surface area contributed by atoms with E-state index in [1.807, 2.05) is 12.1 Å². The van der Waals surface area contributed by atoms with Gasteiger partial charge in [0.2, 0.25) is 0 Å². The molecule has 0 aliphatic carbocycles. The number of amides is 1. The molecular weight excluding hydrogens is 332 g/mol. The van der Waals surface area contributed by atoms with Gasteiger partial charge in [-0.25, -0.2) is 0 Å². The topological polar surface area (TPSA) is 51.2 Å². The molecule has 3 heterocycles. The van der Waals surface area contributed by atoms with Gasteiger partial charge in [0.25, 0.3) is 5.91 Å². The average Bonchev–Trinajstić information content (AvgIpc) is 2.67. The molecule has 0 bridgehead atoms. The molecular formula is C20H28N2O4. The highest BCUT2D eigenvalue weighted by atomic mass is 16.5. The summed E-state index contributed by atoms with van der Waals surface area (Å²) >= 11 is 0. The van der Waals surface area contributed by atoms with Crippen molar-refractivity contribution in [1.82, 2.24) is 9.80 Å². The predicted octanol–water partition coefficient (Wildman–Crippen LogP) is 1.68. The Balaban J connectivity index is 1.21. The quantitative estimate of drug-likeness (QED) is 0.800. The highest BCUT2D eigenvalue weighted by molar-refractivity contribution is 5.77. The molecule has 1 aromatic carbocycles. The molecule has 3 saturated heterocycles. The maximum atomic E-state index is 12.1. The van der Waals surface area contributed by atoms with Crippen molar-refractivity contribution in [3.8, 4) is 5.75 Å². The average molecular weight is 360 g/mol. The van der Waals surface area contributed by atoms with E-state index in [2.05, 4.69) is 17.0 Å². The van der Waals surface area contributed by atoms with E-state index in [1.165, 1.54) is 12.0 Å². The molecule has 0 unspecified atom stereocenters. The molecule has 0 radical (unpaired) electrons. The molecule has 6 nitrogen and oxygen atoms in total. The van der Waals surface area contributed by atoms with Crippen LogP contribution in [0, 0.1) is 0 Å². The number of piperidine rings is 1. The van der Waals surface area contributed by atoms with Crippen LogP contribution < -0.4 is 4.74 Å². The van der Waals surface area contributed by atoms with Crippen molar-refractivity contribution < 1.29 is 19.0 Å². The Morgan fingerprint density at radius 3 is 2.31 bits per heavy atom. The third kappa shape index (κ3) is 4.19. The lowest BCUT2D eigenvalue weighted by atomic mass is 9.84. The van der Waals surface area contributed by atoms with Crippen molar-refractivity contribution in [3.63, 3.8) is 0 Å². The maximum absolute atomic E-state index is 12.1. The number of carbonyl (C=O) groups is 1. The minimum atomic E-state index is 0.0258. The van der Waals surface area contributed by atoms with Crippen LogP contribution in [0.3, 0.4) is 0 Å². The molecule has 6 heteroatoms. The first-order valence-corrected chi connectivity index (χ1v) is 9.66. The van der Waals surface area contributed by atoms with Gasteiger partial charge in [0.05, 0.1) is 25.4 Å². The van der Waals surface area contributed by atoms with Crippen molar-refractivity contribution >= 4 is 5.91 Å². The number of carbonyl (C=O) groups excluding carboxylic acids is 1. The van der Waals surface area contributed by atoms with E-state index < -0.39 is 0 Å². The number of morpholine rings is 1. The van der Waals surface area contributed by atoms with E-state index in [0.29, 0.717) is 26.3 Å². The Hall–Kier alpha value is -1.63. The summed E-state index contributed by atoms with van der Waals surface area (Å²) in [6.07, 6.45) is 3.53. The summed E-state index contributed by atoms with van der Waals surface area (Å²) in [4.78, 5) is 16.4. The van der Waals surface area contributed by atoms with Crippen molar-refractivity contribution in [2.24, 2.45) is 0 Å². The lowest BCUT2D eigenvalue weighted by Crippen LogP contribution is -2.52. The van der Waals surface area contributed by atoms with Gasteiger partial charge < -0.3 is 19.1 Å². The van der Waals surface area contributed by atoms with Gasteiger partial charge in [-0.3, -0.25) is 9.69 Å². The zero-order valence-electron chi connectivity index (χ0n) is 15.3. The number of benzene rings is 1. The molecule has 26 heavy (non-hydrogen) atoms. The summed E-state index contributed by atoms with van der Waals surface area (Å²) in [6, 6.07) is 8.11. The van der Waals surface area contributed by atoms with E-state index in [4.69, 9.17) is 14.2 Å². The highest BCUT2D eigenvalue weighted by Gasteiger charge is 2.40. The van der Waals surface area contributed by atoms with Crippen molar-refractivity contribution in [3.05, 3.63) is 29.8 Å². The van der Waals surface area contributed by atoms with Gasteiger partial charge in [-0.05, 0) is 37.0 Å². The van der Waals surface area contributed by atoms with Crippen LogP contribution in [-0.4, -0.2) is 73.9 Å². The molecule has 0 N–H and O–H groups in total. The van der Waals surface area contributed by atoms with Crippen LogP contribution in [0.5, 0.6) is 5.75 Å². The number of ether oxygens (including phenoxy) is 3. The monoisotopic (exact) mass is 360 g/mol. The van der Waals surface area contributed by atoms with Crippen LogP contribution in [0.2, 0.25) is 0 Å². The number of hydrogen-bond donors (Lipinski definition) is 0. The fourth-order valence-corrected chi connectivity index (χ4v) is 3.90. The summed E-state index contributed by atoms with van der Waals surface area (Å²) in [5, 5.41) is 0. The fraction of sp³-hybridized carbons (Fsp3) is 0.650. The number of likely N-dealkylation sites (tertiary alicyclic amines) is 1. The molecule has 0 aromatic heterocycles. The third-order valence-electron chi connectivity index (χ3n) is 5.79. The molecule has 142 valence electrons. The van der Waals surface area contributed by atoms with Gasteiger partial charge in [0.1, 0.15) is 5.75 Å². The van der Waals surface area contributed by atoms with Gasteiger partial charge in [-0.2, -0.15) is 0 Å². The third-order valence-corrected chi connectivity index (χ3v) is 5.79. The summed E-state index contributed by atoms with van der Waals surface area (Å²) in [7, 11) is 0. The Morgan fingerprint density at radius 2 is 1.69 bits per heavy atom. The minimum absolute atomic E-state index is 0.0258. The van der Waals surface area contributed by atoms with Gasteiger partial charge >= 0.3 is 0 Å². The van der Waals surface area contributed by atoms with E-state index in [-0.39, 0.29) is 18.1 Å².